The van der Waals surface area contributed by atoms with Gasteiger partial charge in [0, 0.05) is 41.5 Å². The van der Waals surface area contributed by atoms with Crippen LogP contribution in [0.1, 0.15) is 54.6 Å². The van der Waals surface area contributed by atoms with Gasteiger partial charge in [0.05, 0.1) is 5.56 Å². The van der Waals surface area contributed by atoms with Crippen molar-refractivity contribution in [3.05, 3.63) is 152 Å². The van der Waals surface area contributed by atoms with E-state index in [2.05, 4.69) is 45.3 Å². The molecule has 3 N–H and O–H groups in total. The highest BCUT2D eigenvalue weighted by Gasteiger charge is 2.30. The standard InChI is InChI=1S/C20H15Cl2F3N4O2.C20H16ClF3N4O3/c21-15-7-3-13(4-8-15)10-26-18-27-16(28-19(29-18)31-11-20(23,24)25)9-12-1-5-14(6-2-12)17(22)30;21-15-7-3-13(4-8-15)10-25-18-26-16(27-19(28-18)31-11-20(22,23)24)9-12-1-5-14(6-2-12)17(29)30/h1-8H,9-11H2,(H,26,27,28,29);1-8H,9-11H2,(H,29,30)(H,25,26,27,28). The Labute approximate surface area is 363 Å². The van der Waals surface area contributed by atoms with E-state index in [1.807, 2.05) is 0 Å². The van der Waals surface area contributed by atoms with Crippen LogP contribution in [-0.2, 0) is 25.9 Å². The largest absolute Gasteiger partial charge is 0.478 e. The van der Waals surface area contributed by atoms with E-state index in [1.165, 1.54) is 24.3 Å². The molecule has 6 rings (SSSR count). The van der Waals surface area contributed by atoms with Gasteiger partial charge < -0.3 is 25.2 Å². The summed E-state index contributed by atoms with van der Waals surface area (Å²) >= 11 is 17.1. The minimum absolute atomic E-state index is 0.0410. The number of rotatable bonds is 16. The molecule has 0 aliphatic rings. The number of carboxylic acids is 1. The normalized spacial score (nSPS) is 11.2. The number of nitrogens with one attached hydrogen (secondary N) is 2. The number of carbonyl (C=O) groups excluding carboxylic acids is 1. The molecule has 2 heterocycles. The van der Waals surface area contributed by atoms with Crippen LogP contribution in [0, 0.1) is 0 Å². The van der Waals surface area contributed by atoms with Crippen LogP contribution in [0.25, 0.3) is 0 Å². The van der Waals surface area contributed by atoms with Crippen molar-refractivity contribution in [2.24, 2.45) is 0 Å². The van der Waals surface area contributed by atoms with Crippen LogP contribution >= 0.6 is 34.8 Å². The number of carboxylic acid groups (broad SMARTS) is 1. The third-order valence-electron chi connectivity index (χ3n) is 7.89. The lowest BCUT2D eigenvalue weighted by Gasteiger charge is -2.11. The van der Waals surface area contributed by atoms with Crippen LogP contribution in [-0.4, -0.2) is 71.8 Å². The number of ether oxygens (including phenoxy) is 2. The molecule has 324 valence electrons. The number of carbonyl (C=O) groups is 2. The summed E-state index contributed by atoms with van der Waals surface area (Å²) in [6.45, 7) is -2.46. The number of hydrogen-bond donors (Lipinski definition) is 3. The van der Waals surface area contributed by atoms with Crippen LogP contribution in [0.5, 0.6) is 12.0 Å². The number of halogens is 9. The summed E-state index contributed by atoms with van der Waals surface area (Å²) in [4.78, 5) is 46.3. The number of benzene rings is 4. The Morgan fingerprint density at radius 2 is 0.887 bits per heavy atom. The van der Waals surface area contributed by atoms with Gasteiger partial charge in [-0.15, -0.1) is 0 Å². The third-order valence-corrected chi connectivity index (χ3v) is 8.61. The maximum atomic E-state index is 12.5. The summed E-state index contributed by atoms with van der Waals surface area (Å²) in [7, 11) is 0. The minimum atomic E-state index is -4.55. The van der Waals surface area contributed by atoms with Crippen LogP contribution in [0.15, 0.2) is 97.1 Å². The van der Waals surface area contributed by atoms with E-state index < -0.39 is 48.8 Å². The van der Waals surface area contributed by atoms with Gasteiger partial charge in [0.2, 0.25) is 11.9 Å². The first-order valence-electron chi connectivity index (χ1n) is 17.8. The highest BCUT2D eigenvalue weighted by atomic mass is 35.5. The minimum Gasteiger partial charge on any atom is -0.478 e. The maximum absolute atomic E-state index is 12.5. The molecule has 6 aromatic rings. The zero-order valence-corrected chi connectivity index (χ0v) is 33.9. The fourth-order valence-corrected chi connectivity index (χ4v) is 5.36. The molecule has 0 unspecified atom stereocenters. The topological polar surface area (TPSA) is 174 Å². The van der Waals surface area contributed by atoms with Crippen molar-refractivity contribution >= 4 is 57.9 Å². The van der Waals surface area contributed by atoms with Gasteiger partial charge in [-0.05, 0) is 82.4 Å². The lowest BCUT2D eigenvalue weighted by atomic mass is 10.1. The quantitative estimate of drug-likeness (QED) is 0.0619. The highest BCUT2D eigenvalue weighted by molar-refractivity contribution is 6.67. The second-order valence-electron chi connectivity index (χ2n) is 12.8. The zero-order valence-electron chi connectivity index (χ0n) is 31.6. The average Bonchev–Trinajstić information content (AvgIpc) is 3.22. The summed E-state index contributed by atoms with van der Waals surface area (Å²) in [5, 5.41) is 15.4. The van der Waals surface area contributed by atoms with Crippen LogP contribution in [0.4, 0.5) is 38.2 Å². The Kier molecular flexibility index (Phi) is 16.2. The van der Waals surface area contributed by atoms with Crippen molar-refractivity contribution in [3.63, 3.8) is 0 Å². The van der Waals surface area contributed by atoms with Crippen LogP contribution < -0.4 is 20.1 Å². The molecule has 0 saturated heterocycles. The summed E-state index contributed by atoms with van der Waals surface area (Å²) < 4.78 is 84.6. The predicted molar refractivity (Wildman–Crippen MR) is 216 cm³/mol. The van der Waals surface area contributed by atoms with E-state index >= 15 is 0 Å². The molecule has 0 aliphatic carbocycles. The van der Waals surface area contributed by atoms with Crippen molar-refractivity contribution in [2.75, 3.05) is 23.8 Å². The molecule has 0 amide bonds. The van der Waals surface area contributed by atoms with Gasteiger partial charge in [0.25, 0.3) is 5.24 Å². The van der Waals surface area contributed by atoms with Gasteiger partial charge in [-0.3, -0.25) is 4.79 Å². The first-order chi connectivity index (χ1) is 29.4. The van der Waals surface area contributed by atoms with E-state index in [9.17, 15) is 35.9 Å². The summed E-state index contributed by atoms with van der Waals surface area (Å²) in [5.41, 5.74) is 3.54. The van der Waals surface area contributed by atoms with Gasteiger partial charge in [0.15, 0.2) is 13.2 Å². The molecule has 0 spiro atoms. The van der Waals surface area contributed by atoms with E-state index in [4.69, 9.17) is 44.6 Å². The Morgan fingerprint density at radius 1 is 0.532 bits per heavy atom. The first-order valence-corrected chi connectivity index (χ1v) is 19.0. The smallest absolute Gasteiger partial charge is 0.422 e. The molecule has 62 heavy (non-hydrogen) atoms. The van der Waals surface area contributed by atoms with Gasteiger partial charge in [-0.25, -0.2) is 4.79 Å². The molecule has 0 radical (unpaired) electrons. The fourth-order valence-electron chi connectivity index (χ4n) is 4.99. The SMILES string of the molecule is O=C(Cl)c1ccc(Cc2nc(NCc3ccc(Cl)cc3)nc(OCC(F)(F)F)n2)cc1.O=C(O)c1ccc(Cc2nc(NCc3ccc(Cl)cc3)nc(OCC(F)(F)F)n2)cc1. The Bertz CT molecular complexity index is 2260. The number of aromatic carboxylic acids is 1. The number of anilines is 2. The molecule has 0 fully saturated rings. The molecule has 4 aromatic carbocycles. The molecule has 0 atom stereocenters. The highest BCUT2D eigenvalue weighted by Crippen LogP contribution is 2.21. The fraction of sp³-hybridized carbons (Fsp3) is 0.200. The molecule has 13 nitrogen and oxygen atoms in total. The lowest BCUT2D eigenvalue weighted by molar-refractivity contribution is -0.155. The first kappa shape index (κ1) is 46.8. The second-order valence-corrected chi connectivity index (χ2v) is 14.0. The lowest BCUT2D eigenvalue weighted by Crippen LogP contribution is -2.21. The molecular weight excluding hydrogens is 893 g/mol. The zero-order chi connectivity index (χ0) is 44.9. The molecule has 0 saturated carbocycles. The molecule has 22 heteroatoms. The van der Waals surface area contributed by atoms with Gasteiger partial charge in [-0.2, -0.15) is 56.2 Å². The van der Waals surface area contributed by atoms with Crippen molar-refractivity contribution in [1.82, 2.24) is 29.9 Å². The van der Waals surface area contributed by atoms with E-state index in [1.54, 1.807) is 72.8 Å². The van der Waals surface area contributed by atoms with Gasteiger partial charge in [0.1, 0.15) is 11.6 Å². The third kappa shape index (κ3) is 16.3. The Hall–Kier alpha value is -6.31. The predicted octanol–water partition coefficient (Wildman–Crippen LogP) is 9.42. The molecular formula is C40H31Cl3F6N8O5. The summed E-state index contributed by atoms with van der Waals surface area (Å²) in [6.07, 6.45) is -8.76. The van der Waals surface area contributed by atoms with Crippen molar-refractivity contribution in [3.8, 4) is 12.0 Å². The van der Waals surface area contributed by atoms with Gasteiger partial charge in [-0.1, -0.05) is 71.7 Å². The Morgan fingerprint density at radius 3 is 1.23 bits per heavy atom. The molecule has 0 bridgehead atoms. The van der Waals surface area contributed by atoms with E-state index in [0.29, 0.717) is 34.3 Å². The molecule has 2 aromatic heterocycles. The van der Waals surface area contributed by atoms with Crippen LogP contribution in [0.2, 0.25) is 10.0 Å². The van der Waals surface area contributed by atoms with Gasteiger partial charge >= 0.3 is 30.3 Å². The number of hydrogen-bond acceptors (Lipinski definition) is 12. The summed E-state index contributed by atoms with van der Waals surface area (Å²) in [6, 6.07) is 25.4. The molecule has 0 aliphatic heterocycles. The van der Waals surface area contributed by atoms with Crippen molar-refractivity contribution in [2.45, 2.75) is 38.3 Å². The maximum Gasteiger partial charge on any atom is 0.422 e. The van der Waals surface area contributed by atoms with Crippen molar-refractivity contribution < 1.29 is 50.5 Å². The number of alkyl halides is 6. The summed E-state index contributed by atoms with van der Waals surface area (Å²) in [5.74, 6) is -0.614. The number of nitrogens with zero attached hydrogens (tertiary/aromatic N) is 6. The average molecular weight is 924 g/mol. The monoisotopic (exact) mass is 922 g/mol. The second kappa shape index (κ2) is 21.5. The number of aromatic nitrogens is 6. The van der Waals surface area contributed by atoms with Crippen LogP contribution in [0.3, 0.4) is 0 Å². The van der Waals surface area contributed by atoms with Crippen molar-refractivity contribution in [1.29, 1.82) is 0 Å². The van der Waals surface area contributed by atoms with E-state index in [0.717, 1.165) is 16.7 Å². The van der Waals surface area contributed by atoms with E-state index in [-0.39, 0.29) is 42.0 Å². The Balaban J connectivity index is 0.000000234.